The Morgan fingerprint density at radius 2 is 1.48 bits per heavy atom. The van der Waals surface area contributed by atoms with Crippen molar-refractivity contribution < 1.29 is 0 Å². The Bertz CT molecular complexity index is 609. The van der Waals surface area contributed by atoms with Crippen molar-refractivity contribution in [2.24, 2.45) is 11.3 Å². The molecule has 0 aliphatic carbocycles. The van der Waals surface area contributed by atoms with Gasteiger partial charge in [0.15, 0.2) is 0 Å². The second-order valence-corrected chi connectivity index (χ2v) is 7.86. The van der Waals surface area contributed by atoms with E-state index in [1.807, 2.05) is 31.7 Å². The van der Waals surface area contributed by atoms with Crippen molar-refractivity contribution in [2.75, 3.05) is 0 Å². The van der Waals surface area contributed by atoms with Crippen LogP contribution in [0, 0.1) is 18.3 Å². The molecule has 0 amide bonds. The maximum atomic E-state index is 4.54. The Labute approximate surface area is 139 Å². The van der Waals surface area contributed by atoms with Crippen molar-refractivity contribution in [1.29, 1.82) is 0 Å². The SMILES string of the molecule is Cc1ncc(C(Cc2cnc(CC(C)(C)C)nc2)C(C)C)cn1. The maximum Gasteiger partial charge on any atom is 0.128 e. The van der Waals surface area contributed by atoms with Gasteiger partial charge in [0.25, 0.3) is 0 Å². The van der Waals surface area contributed by atoms with Gasteiger partial charge in [-0.05, 0) is 41.7 Å². The van der Waals surface area contributed by atoms with Crippen LogP contribution < -0.4 is 0 Å². The zero-order chi connectivity index (χ0) is 17.0. The lowest BCUT2D eigenvalue weighted by molar-refractivity contribution is 0.400. The summed E-state index contributed by atoms with van der Waals surface area (Å²) in [4.78, 5) is 17.8. The highest BCUT2D eigenvalue weighted by atomic mass is 14.9. The van der Waals surface area contributed by atoms with Crippen LogP contribution in [0.3, 0.4) is 0 Å². The van der Waals surface area contributed by atoms with E-state index in [9.17, 15) is 0 Å². The van der Waals surface area contributed by atoms with Gasteiger partial charge in [0.1, 0.15) is 11.6 Å². The second kappa shape index (κ2) is 7.16. The zero-order valence-electron chi connectivity index (χ0n) is 15.2. The summed E-state index contributed by atoms with van der Waals surface area (Å²) < 4.78 is 0. The van der Waals surface area contributed by atoms with Crippen molar-refractivity contribution in [2.45, 2.75) is 60.3 Å². The molecule has 124 valence electrons. The summed E-state index contributed by atoms with van der Waals surface area (Å²) in [6.07, 6.45) is 9.65. The fourth-order valence-corrected chi connectivity index (χ4v) is 2.64. The van der Waals surface area contributed by atoms with Crippen LogP contribution in [0.4, 0.5) is 0 Å². The molecule has 23 heavy (non-hydrogen) atoms. The third kappa shape index (κ3) is 5.38. The van der Waals surface area contributed by atoms with E-state index in [-0.39, 0.29) is 5.41 Å². The molecular formula is C19H28N4. The average molecular weight is 312 g/mol. The van der Waals surface area contributed by atoms with Crippen LogP contribution in [0.5, 0.6) is 0 Å². The van der Waals surface area contributed by atoms with Gasteiger partial charge in [-0.15, -0.1) is 0 Å². The molecule has 4 nitrogen and oxygen atoms in total. The summed E-state index contributed by atoms with van der Waals surface area (Å²) in [5.74, 6) is 2.62. The third-order valence-electron chi connectivity index (χ3n) is 3.94. The molecule has 0 aromatic carbocycles. The van der Waals surface area contributed by atoms with Gasteiger partial charge < -0.3 is 0 Å². The lowest BCUT2D eigenvalue weighted by atomic mass is 9.85. The molecule has 0 spiro atoms. The third-order valence-corrected chi connectivity index (χ3v) is 3.94. The van der Waals surface area contributed by atoms with E-state index < -0.39 is 0 Å². The van der Waals surface area contributed by atoms with E-state index in [1.54, 1.807) is 0 Å². The molecule has 0 aliphatic rings. The molecule has 2 rings (SSSR count). The largest absolute Gasteiger partial charge is 0.241 e. The Morgan fingerprint density at radius 1 is 0.913 bits per heavy atom. The summed E-state index contributed by atoms with van der Waals surface area (Å²) >= 11 is 0. The van der Waals surface area contributed by atoms with E-state index in [4.69, 9.17) is 0 Å². The first-order chi connectivity index (χ1) is 10.7. The minimum atomic E-state index is 0.210. The first-order valence-electron chi connectivity index (χ1n) is 8.33. The fourth-order valence-electron chi connectivity index (χ4n) is 2.64. The van der Waals surface area contributed by atoms with Gasteiger partial charge in [-0.3, -0.25) is 0 Å². The van der Waals surface area contributed by atoms with Crippen LogP contribution in [0.15, 0.2) is 24.8 Å². The Hall–Kier alpha value is -1.84. The number of nitrogens with zero attached hydrogens (tertiary/aromatic N) is 4. The molecule has 1 atom stereocenters. The molecule has 0 aliphatic heterocycles. The van der Waals surface area contributed by atoms with E-state index >= 15 is 0 Å². The molecule has 4 heteroatoms. The van der Waals surface area contributed by atoms with Crippen LogP contribution in [-0.4, -0.2) is 19.9 Å². The standard InChI is InChI=1S/C19H28N4/c1-13(2)17(16-11-20-14(3)21-12-16)7-15-9-22-18(23-10-15)8-19(4,5)6/h9-13,17H,7-8H2,1-6H3. The van der Waals surface area contributed by atoms with Gasteiger partial charge >= 0.3 is 0 Å². The average Bonchev–Trinajstić information content (AvgIpc) is 2.46. The smallest absolute Gasteiger partial charge is 0.128 e. The fraction of sp³-hybridized carbons (Fsp3) is 0.579. The van der Waals surface area contributed by atoms with Crippen molar-refractivity contribution in [3.05, 3.63) is 47.6 Å². The zero-order valence-corrected chi connectivity index (χ0v) is 15.2. The van der Waals surface area contributed by atoms with Crippen molar-refractivity contribution in [3.63, 3.8) is 0 Å². The van der Waals surface area contributed by atoms with Crippen molar-refractivity contribution in [3.8, 4) is 0 Å². The lowest BCUT2D eigenvalue weighted by Crippen LogP contribution is -2.14. The molecule has 0 saturated heterocycles. The van der Waals surface area contributed by atoms with Crippen LogP contribution >= 0.6 is 0 Å². The van der Waals surface area contributed by atoms with Crippen molar-refractivity contribution >= 4 is 0 Å². The molecule has 0 bridgehead atoms. The molecule has 0 N–H and O–H groups in total. The second-order valence-electron chi connectivity index (χ2n) is 7.86. The number of aryl methyl sites for hydroxylation is 1. The van der Waals surface area contributed by atoms with Gasteiger partial charge in [-0.25, -0.2) is 19.9 Å². The Balaban J connectivity index is 2.13. The van der Waals surface area contributed by atoms with Crippen LogP contribution in [0.2, 0.25) is 0 Å². The van der Waals surface area contributed by atoms with Crippen LogP contribution in [0.1, 0.15) is 63.3 Å². The van der Waals surface area contributed by atoms with Gasteiger partial charge in [0.05, 0.1) is 0 Å². The minimum absolute atomic E-state index is 0.210. The molecule has 0 radical (unpaired) electrons. The van der Waals surface area contributed by atoms with E-state index in [0.29, 0.717) is 11.8 Å². The van der Waals surface area contributed by atoms with E-state index in [2.05, 4.69) is 54.6 Å². The minimum Gasteiger partial charge on any atom is -0.241 e. The monoisotopic (exact) mass is 312 g/mol. The molecule has 2 aromatic rings. The normalized spacial score (nSPS) is 13.3. The summed E-state index contributed by atoms with van der Waals surface area (Å²) in [5, 5.41) is 0. The molecular weight excluding hydrogens is 284 g/mol. The Morgan fingerprint density at radius 3 is 1.96 bits per heavy atom. The van der Waals surface area contributed by atoms with Crippen molar-refractivity contribution in [1.82, 2.24) is 19.9 Å². The number of rotatable bonds is 5. The lowest BCUT2D eigenvalue weighted by Gasteiger charge is -2.21. The highest BCUT2D eigenvalue weighted by Crippen LogP contribution is 2.27. The first kappa shape index (κ1) is 17.5. The molecule has 0 saturated carbocycles. The maximum absolute atomic E-state index is 4.54. The van der Waals surface area contributed by atoms with Gasteiger partial charge in [-0.2, -0.15) is 0 Å². The van der Waals surface area contributed by atoms with E-state index in [1.165, 1.54) is 11.1 Å². The first-order valence-corrected chi connectivity index (χ1v) is 8.33. The molecule has 2 heterocycles. The predicted molar refractivity (Wildman–Crippen MR) is 93.2 cm³/mol. The van der Waals surface area contributed by atoms with Gasteiger partial charge in [0, 0.05) is 31.2 Å². The molecule has 1 unspecified atom stereocenters. The van der Waals surface area contributed by atoms with Gasteiger partial charge in [0.2, 0.25) is 0 Å². The highest BCUT2D eigenvalue weighted by Gasteiger charge is 2.18. The predicted octanol–water partition coefficient (Wildman–Crippen LogP) is 4.15. The molecule has 2 aromatic heterocycles. The topological polar surface area (TPSA) is 51.6 Å². The van der Waals surface area contributed by atoms with Crippen LogP contribution in [-0.2, 0) is 12.8 Å². The summed E-state index contributed by atoms with van der Waals surface area (Å²) in [5.41, 5.74) is 2.56. The van der Waals surface area contributed by atoms with Crippen LogP contribution in [0.25, 0.3) is 0 Å². The summed E-state index contributed by atoms with van der Waals surface area (Å²) in [7, 11) is 0. The summed E-state index contributed by atoms with van der Waals surface area (Å²) in [6.45, 7) is 13.0. The van der Waals surface area contributed by atoms with Gasteiger partial charge in [-0.1, -0.05) is 34.6 Å². The number of aromatic nitrogens is 4. The highest BCUT2D eigenvalue weighted by molar-refractivity contribution is 5.18. The number of hydrogen-bond acceptors (Lipinski definition) is 4. The summed E-state index contributed by atoms with van der Waals surface area (Å²) in [6, 6.07) is 0. The van der Waals surface area contributed by atoms with E-state index in [0.717, 1.165) is 24.5 Å². The molecule has 0 fully saturated rings. The quantitative estimate of drug-likeness (QED) is 0.832. The number of hydrogen-bond donors (Lipinski definition) is 0. The Kier molecular flexibility index (Phi) is 5.45.